The van der Waals surface area contributed by atoms with Gasteiger partial charge in [0.15, 0.2) is 0 Å². The van der Waals surface area contributed by atoms with Crippen LogP contribution in [0.5, 0.6) is 0 Å². The molecule has 0 aromatic carbocycles. The Labute approximate surface area is 101 Å². The van der Waals surface area contributed by atoms with Gasteiger partial charge in [0.1, 0.15) is 5.76 Å². The highest BCUT2D eigenvalue weighted by molar-refractivity contribution is 9.11. The molecular weight excluding hydrogens is 274 g/mol. The van der Waals surface area contributed by atoms with Gasteiger partial charge >= 0.3 is 0 Å². The van der Waals surface area contributed by atoms with Crippen molar-refractivity contribution in [3.8, 4) is 0 Å². The first-order valence-corrected chi connectivity index (χ1v) is 6.42. The Morgan fingerprint density at radius 1 is 1.60 bits per heavy atom. The van der Waals surface area contributed by atoms with Gasteiger partial charge in [-0.25, -0.2) is 0 Å². The predicted molar refractivity (Wildman–Crippen MR) is 66.0 cm³/mol. The molecule has 2 heterocycles. The Kier molecular flexibility index (Phi) is 3.61. The third kappa shape index (κ3) is 2.93. The van der Waals surface area contributed by atoms with Crippen LogP contribution >= 0.6 is 27.3 Å². The fourth-order valence-electron chi connectivity index (χ4n) is 1.35. The van der Waals surface area contributed by atoms with Crippen molar-refractivity contribution in [1.82, 2.24) is 5.32 Å². The van der Waals surface area contributed by atoms with Gasteiger partial charge in [0, 0.05) is 6.54 Å². The van der Waals surface area contributed by atoms with E-state index in [0.717, 1.165) is 12.3 Å². The van der Waals surface area contributed by atoms with Gasteiger partial charge in [-0.1, -0.05) is 0 Å². The minimum atomic E-state index is 0.249. The molecule has 0 saturated heterocycles. The zero-order valence-corrected chi connectivity index (χ0v) is 10.8. The molecule has 2 aromatic rings. The van der Waals surface area contributed by atoms with E-state index in [1.807, 2.05) is 12.1 Å². The first kappa shape index (κ1) is 10.9. The van der Waals surface area contributed by atoms with E-state index in [1.165, 1.54) is 9.35 Å². The quantitative estimate of drug-likeness (QED) is 0.920. The van der Waals surface area contributed by atoms with Gasteiger partial charge in [-0.3, -0.25) is 0 Å². The summed E-state index contributed by atoms with van der Waals surface area (Å²) in [6.07, 6.45) is 1.70. The van der Waals surface area contributed by atoms with E-state index in [2.05, 4.69) is 39.6 Å². The molecule has 0 radical (unpaired) electrons. The average Bonchev–Trinajstić information content (AvgIpc) is 2.84. The molecule has 0 amide bonds. The van der Waals surface area contributed by atoms with Gasteiger partial charge in [0.05, 0.1) is 16.1 Å². The Morgan fingerprint density at radius 2 is 2.47 bits per heavy atom. The van der Waals surface area contributed by atoms with Gasteiger partial charge in [-0.2, -0.15) is 0 Å². The van der Waals surface area contributed by atoms with Crippen molar-refractivity contribution < 1.29 is 4.42 Å². The molecule has 2 aromatic heterocycles. The second-order valence-electron chi connectivity index (χ2n) is 3.38. The lowest BCUT2D eigenvalue weighted by molar-refractivity contribution is 0.430. The monoisotopic (exact) mass is 285 g/mol. The Hall–Kier alpha value is -0.580. The fraction of sp³-hybridized carbons (Fsp3) is 0.273. The fourth-order valence-corrected chi connectivity index (χ4v) is 2.56. The summed E-state index contributed by atoms with van der Waals surface area (Å²) >= 11 is 5.16. The summed E-state index contributed by atoms with van der Waals surface area (Å²) in [5.41, 5.74) is 1.30. The van der Waals surface area contributed by atoms with E-state index < -0.39 is 0 Å². The second-order valence-corrected chi connectivity index (χ2v) is 5.67. The van der Waals surface area contributed by atoms with Crippen LogP contribution in [-0.2, 0) is 6.54 Å². The van der Waals surface area contributed by atoms with E-state index in [9.17, 15) is 0 Å². The van der Waals surface area contributed by atoms with Crippen molar-refractivity contribution in [3.05, 3.63) is 45.0 Å². The van der Waals surface area contributed by atoms with Gasteiger partial charge in [0.2, 0.25) is 0 Å². The first-order valence-electron chi connectivity index (χ1n) is 4.75. The number of hydrogen-bond donors (Lipinski definition) is 1. The van der Waals surface area contributed by atoms with Crippen molar-refractivity contribution in [2.75, 3.05) is 0 Å². The predicted octanol–water partition coefficient (Wildman–Crippen LogP) is 3.95. The number of furan rings is 1. The third-order valence-corrected chi connectivity index (χ3v) is 3.76. The summed E-state index contributed by atoms with van der Waals surface area (Å²) in [6.45, 7) is 2.96. The smallest absolute Gasteiger partial charge is 0.120 e. The van der Waals surface area contributed by atoms with Crippen LogP contribution in [0.3, 0.4) is 0 Å². The first-order chi connectivity index (χ1) is 7.25. The average molecular weight is 286 g/mol. The van der Waals surface area contributed by atoms with Crippen molar-refractivity contribution in [3.63, 3.8) is 0 Å². The lowest BCUT2D eigenvalue weighted by Gasteiger charge is -2.09. The van der Waals surface area contributed by atoms with Crippen LogP contribution in [0.4, 0.5) is 0 Å². The summed E-state index contributed by atoms with van der Waals surface area (Å²) in [5, 5.41) is 5.55. The zero-order chi connectivity index (χ0) is 10.7. The van der Waals surface area contributed by atoms with Crippen molar-refractivity contribution >= 4 is 27.3 Å². The SMILES string of the molecule is CC(NCc1csc(Br)c1)c1ccco1. The molecule has 0 aliphatic heterocycles. The van der Waals surface area contributed by atoms with Gasteiger partial charge in [-0.05, 0) is 52.0 Å². The summed E-state index contributed by atoms with van der Waals surface area (Å²) in [7, 11) is 0. The van der Waals surface area contributed by atoms with E-state index in [1.54, 1.807) is 17.6 Å². The van der Waals surface area contributed by atoms with Crippen LogP contribution in [0.2, 0.25) is 0 Å². The molecule has 4 heteroatoms. The number of nitrogens with one attached hydrogen (secondary N) is 1. The van der Waals surface area contributed by atoms with Gasteiger partial charge in [-0.15, -0.1) is 11.3 Å². The molecule has 1 N–H and O–H groups in total. The molecule has 0 bridgehead atoms. The summed E-state index contributed by atoms with van der Waals surface area (Å²) < 4.78 is 6.49. The normalized spacial score (nSPS) is 12.9. The van der Waals surface area contributed by atoms with Gasteiger partial charge in [0.25, 0.3) is 0 Å². The maximum Gasteiger partial charge on any atom is 0.120 e. The molecule has 0 aliphatic carbocycles. The topological polar surface area (TPSA) is 25.2 Å². The largest absolute Gasteiger partial charge is 0.468 e. The van der Waals surface area contributed by atoms with Crippen LogP contribution in [0.1, 0.15) is 24.3 Å². The van der Waals surface area contributed by atoms with E-state index in [4.69, 9.17) is 4.42 Å². The summed E-state index contributed by atoms with van der Waals surface area (Å²) in [5.74, 6) is 0.976. The molecule has 2 rings (SSSR count). The van der Waals surface area contributed by atoms with E-state index >= 15 is 0 Å². The molecule has 0 fully saturated rings. The van der Waals surface area contributed by atoms with Crippen LogP contribution in [0.15, 0.2) is 38.0 Å². The third-order valence-electron chi connectivity index (χ3n) is 2.20. The zero-order valence-electron chi connectivity index (χ0n) is 8.37. The van der Waals surface area contributed by atoms with Crippen molar-refractivity contribution in [1.29, 1.82) is 0 Å². The molecule has 1 atom stereocenters. The Balaban J connectivity index is 1.88. The second kappa shape index (κ2) is 4.96. The molecule has 1 unspecified atom stereocenters. The van der Waals surface area contributed by atoms with Gasteiger partial charge < -0.3 is 9.73 Å². The molecule has 2 nitrogen and oxygen atoms in total. The highest BCUT2D eigenvalue weighted by Crippen LogP contribution is 2.21. The molecule has 80 valence electrons. The molecule has 0 spiro atoms. The summed E-state index contributed by atoms with van der Waals surface area (Å²) in [6, 6.07) is 6.28. The number of rotatable bonds is 4. The molecular formula is C11H12BrNOS. The van der Waals surface area contributed by atoms with Crippen LogP contribution in [0, 0.1) is 0 Å². The molecule has 0 saturated carbocycles. The van der Waals surface area contributed by atoms with Crippen LogP contribution < -0.4 is 5.32 Å². The van der Waals surface area contributed by atoms with E-state index in [-0.39, 0.29) is 6.04 Å². The minimum Gasteiger partial charge on any atom is -0.468 e. The maximum atomic E-state index is 5.32. The Bertz CT molecular complexity index is 410. The van der Waals surface area contributed by atoms with E-state index in [0.29, 0.717) is 0 Å². The number of thiophene rings is 1. The molecule has 15 heavy (non-hydrogen) atoms. The lowest BCUT2D eigenvalue weighted by Crippen LogP contribution is -2.17. The minimum absolute atomic E-state index is 0.249. The highest BCUT2D eigenvalue weighted by atomic mass is 79.9. The number of halogens is 1. The molecule has 0 aliphatic rings. The lowest BCUT2D eigenvalue weighted by atomic mass is 10.2. The Morgan fingerprint density at radius 3 is 3.07 bits per heavy atom. The van der Waals surface area contributed by atoms with Crippen LogP contribution in [0.25, 0.3) is 0 Å². The standard InChI is InChI=1S/C11H12BrNOS/c1-8(10-3-2-4-14-10)13-6-9-5-11(12)15-7-9/h2-5,7-8,13H,6H2,1H3. The highest BCUT2D eigenvalue weighted by Gasteiger charge is 2.07. The van der Waals surface area contributed by atoms with Crippen molar-refractivity contribution in [2.45, 2.75) is 19.5 Å². The van der Waals surface area contributed by atoms with Crippen molar-refractivity contribution in [2.24, 2.45) is 0 Å². The van der Waals surface area contributed by atoms with Crippen LogP contribution in [-0.4, -0.2) is 0 Å². The summed E-state index contributed by atoms with van der Waals surface area (Å²) in [4.78, 5) is 0. The number of hydrogen-bond acceptors (Lipinski definition) is 3. The maximum absolute atomic E-state index is 5.32.